The van der Waals surface area contributed by atoms with E-state index in [1.54, 1.807) is 0 Å². The topological polar surface area (TPSA) is 59.7 Å². The van der Waals surface area contributed by atoms with Gasteiger partial charge in [-0.15, -0.1) is 15.3 Å². The predicted molar refractivity (Wildman–Crippen MR) is 92.0 cm³/mol. The molecule has 0 amide bonds. The van der Waals surface area contributed by atoms with E-state index in [0.717, 1.165) is 35.8 Å². The molecular formula is C18H20N6. The van der Waals surface area contributed by atoms with Crippen molar-refractivity contribution in [2.45, 2.75) is 45.2 Å². The Labute approximate surface area is 140 Å². The number of rotatable bonds is 2. The third-order valence-electron chi connectivity index (χ3n) is 5.14. The molecule has 3 aromatic rings. The van der Waals surface area contributed by atoms with Crippen molar-refractivity contribution < 1.29 is 0 Å². The van der Waals surface area contributed by atoms with Gasteiger partial charge in [0.1, 0.15) is 5.82 Å². The van der Waals surface area contributed by atoms with E-state index in [2.05, 4.69) is 61.1 Å². The summed E-state index contributed by atoms with van der Waals surface area (Å²) in [5.74, 6) is 3.80. The fraction of sp³-hybridized carbons (Fsp3) is 0.444. The molecule has 1 aliphatic carbocycles. The number of benzene rings is 1. The molecule has 6 nitrogen and oxygen atoms in total. The molecule has 1 atom stereocenters. The Morgan fingerprint density at radius 1 is 1.00 bits per heavy atom. The van der Waals surface area contributed by atoms with Gasteiger partial charge in [-0.1, -0.05) is 24.3 Å². The average molecular weight is 320 g/mol. The number of aryl methyl sites for hydroxylation is 1. The molecular weight excluding hydrogens is 300 g/mol. The highest BCUT2D eigenvalue weighted by Crippen LogP contribution is 2.41. The third-order valence-corrected chi connectivity index (χ3v) is 5.14. The number of aromatic nitrogens is 5. The van der Waals surface area contributed by atoms with Crippen LogP contribution in [0.4, 0.5) is 5.82 Å². The van der Waals surface area contributed by atoms with Crippen molar-refractivity contribution in [2.75, 3.05) is 11.4 Å². The molecule has 122 valence electrons. The maximum atomic E-state index is 4.51. The van der Waals surface area contributed by atoms with Crippen molar-refractivity contribution in [1.29, 1.82) is 0 Å². The van der Waals surface area contributed by atoms with E-state index in [0.29, 0.717) is 12.0 Å². The SMILES string of the molecule is Cc1nnc(N2Cc3nnc(C4CC4)n3[C@@H](C)C2)c2ccccc12. The highest BCUT2D eigenvalue weighted by Gasteiger charge is 2.35. The van der Waals surface area contributed by atoms with E-state index >= 15 is 0 Å². The van der Waals surface area contributed by atoms with Gasteiger partial charge in [-0.25, -0.2) is 0 Å². The summed E-state index contributed by atoms with van der Waals surface area (Å²) in [4.78, 5) is 2.29. The van der Waals surface area contributed by atoms with E-state index in [9.17, 15) is 0 Å². The molecule has 6 heteroatoms. The summed E-state index contributed by atoms with van der Waals surface area (Å²) in [5.41, 5.74) is 0.971. The van der Waals surface area contributed by atoms with Crippen molar-refractivity contribution in [2.24, 2.45) is 0 Å². The largest absolute Gasteiger partial charge is 0.345 e. The van der Waals surface area contributed by atoms with Gasteiger partial charge in [0.15, 0.2) is 11.6 Å². The van der Waals surface area contributed by atoms with Crippen LogP contribution in [0.3, 0.4) is 0 Å². The zero-order valence-electron chi connectivity index (χ0n) is 14.0. The van der Waals surface area contributed by atoms with E-state index in [1.807, 2.05) is 6.92 Å². The minimum absolute atomic E-state index is 0.348. The molecule has 2 aromatic heterocycles. The third kappa shape index (κ3) is 2.02. The van der Waals surface area contributed by atoms with Crippen LogP contribution in [-0.4, -0.2) is 31.5 Å². The number of anilines is 1. The standard InChI is InChI=1S/C18H20N6/c1-11-9-23(10-16-20-21-17(24(11)16)13-7-8-13)18-15-6-4-3-5-14(15)12(2)19-22-18/h3-6,11,13H,7-10H2,1-2H3/t11-/m0/s1. The fourth-order valence-electron chi connectivity index (χ4n) is 3.80. The molecule has 0 unspecified atom stereocenters. The summed E-state index contributed by atoms with van der Waals surface area (Å²) in [7, 11) is 0. The summed E-state index contributed by atoms with van der Waals surface area (Å²) >= 11 is 0. The van der Waals surface area contributed by atoms with Gasteiger partial charge >= 0.3 is 0 Å². The summed E-state index contributed by atoms with van der Waals surface area (Å²) < 4.78 is 2.35. The lowest BCUT2D eigenvalue weighted by molar-refractivity contribution is 0.447. The number of hydrogen-bond donors (Lipinski definition) is 0. The first-order valence-electron chi connectivity index (χ1n) is 8.63. The van der Waals surface area contributed by atoms with Crippen molar-refractivity contribution in [3.63, 3.8) is 0 Å². The van der Waals surface area contributed by atoms with Crippen molar-refractivity contribution in [3.8, 4) is 0 Å². The van der Waals surface area contributed by atoms with E-state index in [4.69, 9.17) is 0 Å². The average Bonchev–Trinajstić information content (AvgIpc) is 3.35. The van der Waals surface area contributed by atoms with Crippen molar-refractivity contribution in [1.82, 2.24) is 25.0 Å². The minimum Gasteiger partial charge on any atom is -0.345 e. The lowest BCUT2D eigenvalue weighted by atomic mass is 10.1. The first-order chi connectivity index (χ1) is 11.7. The van der Waals surface area contributed by atoms with E-state index in [1.165, 1.54) is 24.1 Å². The van der Waals surface area contributed by atoms with Gasteiger partial charge in [0.25, 0.3) is 0 Å². The number of nitrogens with zero attached hydrogens (tertiary/aromatic N) is 6. The molecule has 3 heterocycles. The van der Waals surface area contributed by atoms with Gasteiger partial charge in [-0.2, -0.15) is 5.10 Å². The van der Waals surface area contributed by atoms with Crippen LogP contribution < -0.4 is 4.90 Å². The highest BCUT2D eigenvalue weighted by molar-refractivity contribution is 5.93. The Bertz CT molecular complexity index is 926. The molecule has 1 saturated carbocycles. The van der Waals surface area contributed by atoms with Crippen LogP contribution in [0.15, 0.2) is 24.3 Å². The molecule has 0 saturated heterocycles. The van der Waals surface area contributed by atoms with Gasteiger partial charge in [0.2, 0.25) is 0 Å². The maximum absolute atomic E-state index is 4.51. The molecule has 5 rings (SSSR count). The normalized spacial score (nSPS) is 20.4. The molecule has 1 aromatic carbocycles. The van der Waals surface area contributed by atoms with Crippen LogP contribution in [0.2, 0.25) is 0 Å². The maximum Gasteiger partial charge on any atom is 0.159 e. The monoisotopic (exact) mass is 320 g/mol. The molecule has 0 bridgehead atoms. The number of hydrogen-bond acceptors (Lipinski definition) is 5. The molecule has 2 aliphatic rings. The second-order valence-electron chi connectivity index (χ2n) is 7.00. The zero-order chi connectivity index (χ0) is 16.3. The Morgan fingerprint density at radius 3 is 2.58 bits per heavy atom. The molecule has 0 N–H and O–H groups in total. The van der Waals surface area contributed by atoms with Crippen LogP contribution >= 0.6 is 0 Å². The Kier molecular flexibility index (Phi) is 2.89. The molecule has 1 fully saturated rings. The molecule has 24 heavy (non-hydrogen) atoms. The quantitative estimate of drug-likeness (QED) is 0.726. The lowest BCUT2D eigenvalue weighted by Gasteiger charge is -2.33. The fourth-order valence-corrected chi connectivity index (χ4v) is 3.80. The smallest absolute Gasteiger partial charge is 0.159 e. The summed E-state index contributed by atoms with van der Waals surface area (Å²) in [6.07, 6.45) is 2.51. The second-order valence-corrected chi connectivity index (χ2v) is 7.00. The lowest BCUT2D eigenvalue weighted by Crippen LogP contribution is -2.37. The molecule has 1 aliphatic heterocycles. The second kappa shape index (κ2) is 5.00. The van der Waals surface area contributed by atoms with Crippen LogP contribution in [-0.2, 0) is 6.54 Å². The minimum atomic E-state index is 0.348. The van der Waals surface area contributed by atoms with Crippen molar-refractivity contribution in [3.05, 3.63) is 41.6 Å². The summed E-state index contributed by atoms with van der Waals surface area (Å²) in [6.45, 7) is 5.91. The van der Waals surface area contributed by atoms with Gasteiger partial charge in [-0.3, -0.25) is 0 Å². The van der Waals surface area contributed by atoms with E-state index in [-0.39, 0.29) is 0 Å². The van der Waals surface area contributed by atoms with Gasteiger partial charge < -0.3 is 9.47 Å². The van der Waals surface area contributed by atoms with E-state index < -0.39 is 0 Å². The predicted octanol–water partition coefficient (Wildman–Crippen LogP) is 2.99. The zero-order valence-corrected chi connectivity index (χ0v) is 14.0. The first kappa shape index (κ1) is 13.9. The van der Waals surface area contributed by atoms with Gasteiger partial charge in [-0.05, 0) is 26.7 Å². The molecule has 0 spiro atoms. The van der Waals surface area contributed by atoms with Crippen LogP contribution in [0.1, 0.15) is 49.1 Å². The van der Waals surface area contributed by atoms with Crippen LogP contribution in [0.5, 0.6) is 0 Å². The summed E-state index contributed by atoms with van der Waals surface area (Å²) in [6, 6.07) is 8.71. The summed E-state index contributed by atoms with van der Waals surface area (Å²) in [5, 5.41) is 20.1. The van der Waals surface area contributed by atoms with Gasteiger partial charge in [0.05, 0.1) is 18.3 Å². The Balaban J connectivity index is 1.58. The Morgan fingerprint density at radius 2 is 1.79 bits per heavy atom. The van der Waals surface area contributed by atoms with Gasteiger partial charge in [0, 0.05) is 23.2 Å². The molecule has 0 radical (unpaired) electrons. The van der Waals surface area contributed by atoms with Crippen molar-refractivity contribution >= 4 is 16.6 Å². The Hall–Kier alpha value is -2.50. The highest BCUT2D eigenvalue weighted by atomic mass is 15.4. The van der Waals surface area contributed by atoms with Crippen LogP contribution in [0, 0.1) is 6.92 Å². The number of fused-ring (bicyclic) bond motifs is 2. The van der Waals surface area contributed by atoms with Crippen LogP contribution in [0.25, 0.3) is 10.8 Å². The first-order valence-corrected chi connectivity index (χ1v) is 8.63.